The first kappa shape index (κ1) is 18.4. The minimum atomic E-state index is -4.18. The van der Waals surface area contributed by atoms with E-state index in [-0.39, 0.29) is 48.9 Å². The second-order valence-corrected chi connectivity index (χ2v) is 7.44. The molecule has 0 N–H and O–H groups in total. The fourth-order valence-electron chi connectivity index (χ4n) is 3.73. The molecule has 3 rings (SSSR count). The highest BCUT2D eigenvalue weighted by Gasteiger charge is 2.42. The molecule has 0 radical (unpaired) electrons. The van der Waals surface area contributed by atoms with Crippen LogP contribution in [0.2, 0.25) is 5.15 Å². The van der Waals surface area contributed by atoms with Crippen LogP contribution in [0.4, 0.5) is 17.6 Å². The summed E-state index contributed by atoms with van der Waals surface area (Å²) in [5.41, 5.74) is 1.65. The van der Waals surface area contributed by atoms with Crippen molar-refractivity contribution in [1.29, 1.82) is 0 Å². The molecule has 0 spiro atoms. The van der Waals surface area contributed by atoms with Crippen LogP contribution in [0.25, 0.3) is 5.65 Å². The second kappa shape index (κ2) is 6.41. The molecule has 0 unspecified atom stereocenters. The topological polar surface area (TPSA) is 30.2 Å². The maximum atomic E-state index is 14.8. The summed E-state index contributed by atoms with van der Waals surface area (Å²) in [4.78, 5) is 4.29. The largest absolute Gasteiger partial charge is 0.391 e. The van der Waals surface area contributed by atoms with Crippen molar-refractivity contribution >= 4 is 17.2 Å². The summed E-state index contributed by atoms with van der Waals surface area (Å²) in [6.45, 7) is 5.68. The molecular formula is C17H20ClF4N3. The van der Waals surface area contributed by atoms with Gasteiger partial charge in [-0.1, -0.05) is 25.4 Å². The van der Waals surface area contributed by atoms with Gasteiger partial charge < -0.3 is 0 Å². The average Bonchev–Trinajstić information content (AvgIpc) is 2.84. The van der Waals surface area contributed by atoms with Crippen LogP contribution in [-0.2, 0) is 0 Å². The maximum Gasteiger partial charge on any atom is 0.391 e. The Morgan fingerprint density at radius 3 is 2.28 bits per heavy atom. The molecule has 0 atom stereocenters. The van der Waals surface area contributed by atoms with Crippen LogP contribution in [0.3, 0.4) is 0 Å². The molecule has 8 heteroatoms. The Kier molecular flexibility index (Phi) is 4.73. The van der Waals surface area contributed by atoms with Crippen molar-refractivity contribution in [3.63, 3.8) is 0 Å². The Hall–Kier alpha value is -1.37. The lowest BCUT2D eigenvalue weighted by atomic mass is 9.80. The lowest BCUT2D eigenvalue weighted by Crippen LogP contribution is -2.27. The number of nitrogens with zero attached hydrogens (tertiary/aromatic N) is 3. The van der Waals surface area contributed by atoms with E-state index in [2.05, 4.69) is 10.1 Å². The van der Waals surface area contributed by atoms with E-state index < -0.39 is 17.9 Å². The summed E-state index contributed by atoms with van der Waals surface area (Å²) in [5.74, 6) is -2.11. The first-order valence-electron chi connectivity index (χ1n) is 8.42. The van der Waals surface area contributed by atoms with Gasteiger partial charge in [0, 0.05) is 17.2 Å². The van der Waals surface area contributed by atoms with E-state index in [0.29, 0.717) is 10.8 Å². The Bertz CT molecular complexity index is 790. The number of aromatic nitrogens is 3. The molecule has 0 bridgehead atoms. The number of hydrogen-bond acceptors (Lipinski definition) is 2. The summed E-state index contributed by atoms with van der Waals surface area (Å²) in [5, 5.41) is 4.58. The fourth-order valence-corrected chi connectivity index (χ4v) is 4.21. The van der Waals surface area contributed by atoms with Gasteiger partial charge in [-0.05, 0) is 38.5 Å². The van der Waals surface area contributed by atoms with Gasteiger partial charge in [-0.2, -0.15) is 18.3 Å². The summed E-state index contributed by atoms with van der Waals surface area (Å²) in [6, 6.07) is 0. The first-order valence-corrected chi connectivity index (χ1v) is 8.79. The predicted octanol–water partition coefficient (Wildman–Crippen LogP) is 5.79. The van der Waals surface area contributed by atoms with E-state index in [1.807, 2.05) is 13.8 Å². The lowest BCUT2D eigenvalue weighted by molar-refractivity contribution is -0.182. The number of rotatable bonds is 2. The van der Waals surface area contributed by atoms with Gasteiger partial charge in [0.1, 0.15) is 10.8 Å². The van der Waals surface area contributed by atoms with Crippen molar-refractivity contribution in [2.24, 2.45) is 5.92 Å². The van der Waals surface area contributed by atoms with Crippen molar-refractivity contribution < 1.29 is 17.6 Å². The van der Waals surface area contributed by atoms with Crippen molar-refractivity contribution in [3.05, 3.63) is 27.9 Å². The van der Waals surface area contributed by atoms with Crippen molar-refractivity contribution in [1.82, 2.24) is 14.6 Å². The van der Waals surface area contributed by atoms with Gasteiger partial charge in [-0.25, -0.2) is 13.9 Å². The Labute approximate surface area is 148 Å². The van der Waals surface area contributed by atoms with Gasteiger partial charge in [0.25, 0.3) is 0 Å². The van der Waals surface area contributed by atoms with Gasteiger partial charge in [-0.15, -0.1) is 0 Å². The zero-order chi connectivity index (χ0) is 18.5. The molecule has 0 amide bonds. The average molecular weight is 378 g/mol. The summed E-state index contributed by atoms with van der Waals surface area (Å²) in [7, 11) is 0. The SMILES string of the molecule is Cc1nc2c(F)c([C@H]3CC[C@H](C(F)(F)F)CC3)nn2c(Cl)c1C(C)C. The molecule has 25 heavy (non-hydrogen) atoms. The van der Waals surface area contributed by atoms with Crippen LogP contribution in [-0.4, -0.2) is 20.8 Å². The molecular weight excluding hydrogens is 358 g/mol. The molecule has 0 aliphatic heterocycles. The van der Waals surface area contributed by atoms with Gasteiger partial charge >= 0.3 is 6.18 Å². The molecule has 0 saturated heterocycles. The van der Waals surface area contributed by atoms with E-state index in [0.717, 1.165) is 5.56 Å². The highest BCUT2D eigenvalue weighted by Crippen LogP contribution is 2.43. The molecule has 1 aliphatic carbocycles. The van der Waals surface area contributed by atoms with Crippen LogP contribution in [0, 0.1) is 18.7 Å². The first-order chi connectivity index (χ1) is 11.6. The Morgan fingerprint density at radius 1 is 1.16 bits per heavy atom. The molecule has 3 nitrogen and oxygen atoms in total. The van der Waals surface area contributed by atoms with Crippen LogP contribution >= 0.6 is 11.6 Å². The molecule has 138 valence electrons. The van der Waals surface area contributed by atoms with Crippen LogP contribution in [0.15, 0.2) is 0 Å². The van der Waals surface area contributed by atoms with Gasteiger partial charge in [0.15, 0.2) is 11.5 Å². The minimum absolute atomic E-state index is 0.00108. The van der Waals surface area contributed by atoms with E-state index in [9.17, 15) is 17.6 Å². The minimum Gasteiger partial charge on any atom is -0.231 e. The zero-order valence-electron chi connectivity index (χ0n) is 14.3. The van der Waals surface area contributed by atoms with Gasteiger partial charge in [0.2, 0.25) is 0 Å². The molecule has 1 saturated carbocycles. The van der Waals surface area contributed by atoms with Crippen molar-refractivity contribution in [2.45, 2.75) is 64.5 Å². The molecule has 1 fully saturated rings. The highest BCUT2D eigenvalue weighted by atomic mass is 35.5. The third-order valence-electron chi connectivity index (χ3n) is 5.06. The predicted molar refractivity (Wildman–Crippen MR) is 87.5 cm³/mol. The van der Waals surface area contributed by atoms with Crippen LogP contribution in [0.5, 0.6) is 0 Å². The number of halogens is 5. The maximum absolute atomic E-state index is 14.8. The molecule has 0 aromatic carbocycles. The molecule has 2 aromatic heterocycles. The van der Waals surface area contributed by atoms with E-state index >= 15 is 0 Å². The van der Waals surface area contributed by atoms with Gasteiger partial charge in [-0.3, -0.25) is 0 Å². The van der Waals surface area contributed by atoms with Crippen molar-refractivity contribution in [3.8, 4) is 0 Å². The number of hydrogen-bond donors (Lipinski definition) is 0. The lowest BCUT2D eigenvalue weighted by Gasteiger charge is -2.28. The normalized spacial score (nSPS) is 22.1. The highest BCUT2D eigenvalue weighted by molar-refractivity contribution is 6.30. The molecule has 2 heterocycles. The second-order valence-electron chi connectivity index (χ2n) is 7.08. The molecule has 2 aromatic rings. The summed E-state index contributed by atoms with van der Waals surface area (Å²) < 4.78 is 54.5. The van der Waals surface area contributed by atoms with Crippen LogP contribution < -0.4 is 0 Å². The number of aryl methyl sites for hydroxylation is 1. The standard InChI is InChI=1S/C17H20ClF4N3/c1-8(2)12-9(3)23-16-13(19)14(24-25(16)15(12)18)10-4-6-11(7-5-10)17(20,21)22/h8,10-11H,4-7H2,1-3H3/t10-,11-. The summed E-state index contributed by atoms with van der Waals surface area (Å²) >= 11 is 6.39. The van der Waals surface area contributed by atoms with E-state index in [4.69, 9.17) is 11.6 Å². The monoisotopic (exact) mass is 377 g/mol. The fraction of sp³-hybridized carbons (Fsp3) is 0.647. The Morgan fingerprint density at radius 2 is 1.76 bits per heavy atom. The van der Waals surface area contributed by atoms with Crippen molar-refractivity contribution in [2.75, 3.05) is 0 Å². The summed E-state index contributed by atoms with van der Waals surface area (Å²) in [6.07, 6.45) is -3.66. The molecule has 1 aliphatic rings. The van der Waals surface area contributed by atoms with Gasteiger partial charge in [0.05, 0.1) is 5.92 Å². The van der Waals surface area contributed by atoms with E-state index in [1.54, 1.807) is 6.92 Å². The third kappa shape index (κ3) is 3.23. The van der Waals surface area contributed by atoms with Crippen LogP contribution in [0.1, 0.15) is 68.3 Å². The number of fused-ring (bicyclic) bond motifs is 1. The van der Waals surface area contributed by atoms with E-state index in [1.165, 1.54) is 4.52 Å². The number of alkyl halides is 3. The Balaban J connectivity index is 1.96. The third-order valence-corrected chi connectivity index (χ3v) is 5.42. The quantitative estimate of drug-likeness (QED) is 0.489. The smallest absolute Gasteiger partial charge is 0.231 e. The zero-order valence-corrected chi connectivity index (χ0v) is 15.0.